The molecule has 1 aliphatic rings. The minimum atomic E-state index is -3.74. The molecule has 27 heavy (non-hydrogen) atoms. The quantitative estimate of drug-likeness (QED) is 0.373. The smallest absolute Gasteiger partial charge is 0.306 e. The molecule has 2 aromatic carbocycles. The molecule has 10 heteroatoms. The summed E-state index contributed by atoms with van der Waals surface area (Å²) in [6.45, 7) is 0. The topological polar surface area (TPSA) is 63.7 Å². The molecular weight excluding hydrogens is 449 g/mol. The van der Waals surface area contributed by atoms with Gasteiger partial charge in [0.2, 0.25) is 0 Å². The van der Waals surface area contributed by atoms with Crippen molar-refractivity contribution in [1.82, 2.24) is 0 Å². The number of anilines is 1. The zero-order valence-corrected chi connectivity index (χ0v) is 17.6. The highest BCUT2D eigenvalue weighted by molar-refractivity contribution is 8.27. The SMILES string of the molecule is CS(=O)(=O)Oc1ccc(Cl)cc1/C=C1\SC(=S)N(c2cccc(Cl)c2)C1=O. The maximum atomic E-state index is 12.8. The van der Waals surface area contributed by atoms with Gasteiger partial charge >= 0.3 is 10.1 Å². The molecule has 140 valence electrons. The fourth-order valence-corrected chi connectivity index (χ4v) is 4.45. The lowest BCUT2D eigenvalue weighted by Crippen LogP contribution is -2.27. The van der Waals surface area contributed by atoms with Gasteiger partial charge in [-0.3, -0.25) is 9.69 Å². The molecule has 0 radical (unpaired) electrons. The summed E-state index contributed by atoms with van der Waals surface area (Å²) < 4.78 is 28.2. The normalized spacial score (nSPS) is 16.3. The number of carbonyl (C=O) groups excluding carboxylic acids is 1. The summed E-state index contributed by atoms with van der Waals surface area (Å²) in [6.07, 6.45) is 2.43. The van der Waals surface area contributed by atoms with Gasteiger partial charge in [-0.1, -0.05) is 53.2 Å². The van der Waals surface area contributed by atoms with Crippen LogP contribution in [0, 0.1) is 0 Å². The minimum absolute atomic E-state index is 0.0647. The first-order valence-electron chi connectivity index (χ1n) is 7.36. The summed E-state index contributed by atoms with van der Waals surface area (Å²) in [7, 11) is -3.74. The molecule has 3 rings (SSSR count). The van der Waals surface area contributed by atoms with Gasteiger partial charge in [-0.2, -0.15) is 8.42 Å². The fraction of sp³-hybridized carbons (Fsp3) is 0.0588. The molecule has 1 amide bonds. The number of thioether (sulfide) groups is 1. The first-order valence-corrected chi connectivity index (χ1v) is 11.2. The number of thiocarbonyl (C=S) groups is 1. The Morgan fingerprint density at radius 2 is 1.85 bits per heavy atom. The first kappa shape index (κ1) is 20.2. The standard InChI is InChI=1S/C17H11Cl2NO4S3/c1-27(22,23)24-14-6-5-12(19)7-10(14)8-15-16(21)20(17(25)26-15)13-4-2-3-11(18)9-13/h2-9H,1H3/b15-8-. The van der Waals surface area contributed by atoms with Gasteiger partial charge in [0.05, 0.1) is 16.8 Å². The molecule has 0 atom stereocenters. The first-order chi connectivity index (χ1) is 12.6. The lowest BCUT2D eigenvalue weighted by Gasteiger charge is -2.14. The van der Waals surface area contributed by atoms with E-state index in [9.17, 15) is 13.2 Å². The second-order valence-electron chi connectivity index (χ2n) is 5.47. The number of halogens is 2. The minimum Gasteiger partial charge on any atom is -0.382 e. The molecule has 1 fully saturated rings. The van der Waals surface area contributed by atoms with E-state index in [0.29, 0.717) is 30.5 Å². The second-order valence-corrected chi connectivity index (χ2v) is 9.59. The highest BCUT2D eigenvalue weighted by atomic mass is 35.5. The molecule has 1 heterocycles. The lowest BCUT2D eigenvalue weighted by atomic mass is 10.2. The van der Waals surface area contributed by atoms with Crippen LogP contribution in [0.3, 0.4) is 0 Å². The van der Waals surface area contributed by atoms with Crippen molar-refractivity contribution < 1.29 is 17.4 Å². The third-order valence-corrected chi connectivity index (χ3v) is 5.61. The van der Waals surface area contributed by atoms with Gasteiger partial charge in [0.1, 0.15) is 5.75 Å². The largest absolute Gasteiger partial charge is 0.382 e. The Labute approximate surface area is 176 Å². The van der Waals surface area contributed by atoms with E-state index in [4.69, 9.17) is 39.6 Å². The van der Waals surface area contributed by atoms with Gasteiger partial charge in [0, 0.05) is 15.6 Å². The van der Waals surface area contributed by atoms with Crippen LogP contribution in [0.2, 0.25) is 10.0 Å². The van der Waals surface area contributed by atoms with Gasteiger partial charge in [-0.05, 0) is 42.5 Å². The number of hydrogen-bond acceptors (Lipinski definition) is 6. The van der Waals surface area contributed by atoms with E-state index in [1.807, 2.05) is 0 Å². The van der Waals surface area contributed by atoms with Crippen LogP contribution in [0.4, 0.5) is 5.69 Å². The van der Waals surface area contributed by atoms with E-state index in [2.05, 4.69) is 0 Å². The van der Waals surface area contributed by atoms with Crippen LogP contribution in [0.25, 0.3) is 6.08 Å². The Morgan fingerprint density at radius 3 is 2.52 bits per heavy atom. The van der Waals surface area contributed by atoms with Crippen molar-refractivity contribution in [3.63, 3.8) is 0 Å². The zero-order chi connectivity index (χ0) is 19.8. The summed E-state index contributed by atoms with van der Waals surface area (Å²) in [5, 5.41) is 0.844. The molecular formula is C17H11Cl2NO4S3. The van der Waals surface area contributed by atoms with E-state index in [0.717, 1.165) is 18.0 Å². The Morgan fingerprint density at radius 1 is 1.15 bits per heavy atom. The molecule has 0 aliphatic carbocycles. The molecule has 0 spiro atoms. The van der Waals surface area contributed by atoms with E-state index < -0.39 is 10.1 Å². The summed E-state index contributed by atoms with van der Waals surface area (Å²) in [4.78, 5) is 14.5. The molecule has 0 unspecified atom stereocenters. The van der Waals surface area contributed by atoms with Crippen LogP contribution in [0.15, 0.2) is 47.4 Å². The summed E-state index contributed by atoms with van der Waals surface area (Å²) in [5.74, 6) is -0.285. The number of carbonyl (C=O) groups is 1. The highest BCUT2D eigenvalue weighted by Gasteiger charge is 2.33. The van der Waals surface area contributed by atoms with Crippen LogP contribution >= 0.6 is 47.2 Å². The third kappa shape index (κ3) is 4.83. The van der Waals surface area contributed by atoms with Crippen LogP contribution in [0.1, 0.15) is 5.56 Å². The lowest BCUT2D eigenvalue weighted by molar-refractivity contribution is -0.113. The predicted octanol–water partition coefficient (Wildman–Crippen LogP) is 4.74. The highest BCUT2D eigenvalue weighted by Crippen LogP contribution is 2.38. The van der Waals surface area contributed by atoms with Gasteiger partial charge in [0.15, 0.2) is 4.32 Å². The van der Waals surface area contributed by atoms with Crippen LogP contribution in [0.5, 0.6) is 5.75 Å². The van der Waals surface area contributed by atoms with Gasteiger partial charge in [-0.25, -0.2) is 0 Å². The predicted molar refractivity (Wildman–Crippen MR) is 114 cm³/mol. The molecule has 2 aromatic rings. The van der Waals surface area contributed by atoms with Gasteiger partial charge < -0.3 is 4.18 Å². The molecule has 0 saturated carbocycles. The Hall–Kier alpha value is -1.58. The van der Waals surface area contributed by atoms with Gasteiger partial charge in [-0.15, -0.1) is 0 Å². The zero-order valence-electron chi connectivity index (χ0n) is 13.7. The molecule has 0 aromatic heterocycles. The summed E-state index contributed by atoms with van der Waals surface area (Å²) in [5.41, 5.74) is 0.895. The van der Waals surface area contributed by atoms with Crippen molar-refractivity contribution in [3.8, 4) is 5.75 Å². The van der Waals surface area contributed by atoms with E-state index in [1.165, 1.54) is 29.2 Å². The maximum absolute atomic E-state index is 12.8. The summed E-state index contributed by atoms with van der Waals surface area (Å²) in [6, 6.07) is 11.2. The average molecular weight is 460 g/mol. The number of rotatable bonds is 4. The molecule has 5 nitrogen and oxygen atoms in total. The van der Waals surface area contributed by atoms with Crippen molar-refractivity contribution >= 4 is 79.3 Å². The number of nitrogens with zero attached hydrogens (tertiary/aromatic N) is 1. The number of hydrogen-bond donors (Lipinski definition) is 0. The Kier molecular flexibility index (Phi) is 5.83. The monoisotopic (exact) mass is 459 g/mol. The average Bonchev–Trinajstić information content (AvgIpc) is 2.83. The molecule has 0 N–H and O–H groups in total. The van der Waals surface area contributed by atoms with Crippen LogP contribution < -0.4 is 9.08 Å². The molecule has 0 bridgehead atoms. The molecule has 1 saturated heterocycles. The van der Waals surface area contributed by atoms with Crippen molar-refractivity contribution in [3.05, 3.63) is 63.0 Å². The maximum Gasteiger partial charge on any atom is 0.306 e. The van der Waals surface area contributed by atoms with E-state index in [-0.39, 0.29) is 11.7 Å². The Bertz CT molecular complexity index is 1080. The number of benzene rings is 2. The third-order valence-electron chi connectivity index (χ3n) is 3.36. The Balaban J connectivity index is 2.00. The number of amides is 1. The van der Waals surface area contributed by atoms with Crippen molar-refractivity contribution in [2.75, 3.05) is 11.2 Å². The fourth-order valence-electron chi connectivity index (χ4n) is 2.32. The summed E-state index contributed by atoms with van der Waals surface area (Å²) >= 11 is 18.4. The van der Waals surface area contributed by atoms with Crippen molar-refractivity contribution in [2.45, 2.75) is 0 Å². The van der Waals surface area contributed by atoms with Crippen molar-refractivity contribution in [1.29, 1.82) is 0 Å². The van der Waals surface area contributed by atoms with E-state index in [1.54, 1.807) is 24.3 Å². The van der Waals surface area contributed by atoms with E-state index >= 15 is 0 Å². The molecule has 1 aliphatic heterocycles. The van der Waals surface area contributed by atoms with Gasteiger partial charge in [0.25, 0.3) is 5.91 Å². The van der Waals surface area contributed by atoms with Crippen molar-refractivity contribution in [2.24, 2.45) is 0 Å². The van der Waals surface area contributed by atoms with Crippen LogP contribution in [-0.4, -0.2) is 24.9 Å². The van der Waals surface area contributed by atoms with Crippen LogP contribution in [-0.2, 0) is 14.9 Å². The second kappa shape index (κ2) is 7.81.